The zero-order valence-corrected chi connectivity index (χ0v) is 21.7. The van der Waals surface area contributed by atoms with E-state index < -0.39 is 23.4 Å². The molecule has 0 unspecified atom stereocenters. The molecule has 4 aromatic rings. The third-order valence-corrected chi connectivity index (χ3v) is 6.96. The first-order chi connectivity index (χ1) is 19.0. The predicted molar refractivity (Wildman–Crippen MR) is 136 cm³/mol. The Labute approximate surface area is 225 Å². The summed E-state index contributed by atoms with van der Waals surface area (Å²) in [4.78, 5) is 25.7. The summed E-state index contributed by atoms with van der Waals surface area (Å²) in [7, 11) is 2.49. The highest BCUT2D eigenvalue weighted by molar-refractivity contribution is 5.91. The number of pyridine rings is 2. The summed E-state index contributed by atoms with van der Waals surface area (Å²) in [6.07, 6.45) is -3.02. The number of halogens is 4. The SMILES string of the molecule is COc1cc([C@@H]2C[C@@H](c3cc4c(=O)n(C)c(C(F)(F)F)nc4c(-c4ccc(C#N)cc4F)n3)C[C@H](C)O2)ccn1. The lowest BCUT2D eigenvalue weighted by Gasteiger charge is -2.34. The summed E-state index contributed by atoms with van der Waals surface area (Å²) in [5.41, 5.74) is -0.462. The van der Waals surface area contributed by atoms with Crippen LogP contribution in [0.5, 0.6) is 5.88 Å². The van der Waals surface area contributed by atoms with Crippen molar-refractivity contribution >= 4 is 10.9 Å². The monoisotopic (exact) mass is 553 g/mol. The van der Waals surface area contributed by atoms with Gasteiger partial charge in [-0.2, -0.15) is 18.4 Å². The Kier molecular flexibility index (Phi) is 7.01. The Morgan fingerprint density at radius 3 is 2.60 bits per heavy atom. The van der Waals surface area contributed by atoms with Crippen molar-refractivity contribution in [3.05, 3.63) is 81.4 Å². The van der Waals surface area contributed by atoms with Gasteiger partial charge in [0, 0.05) is 36.5 Å². The number of benzene rings is 1. The van der Waals surface area contributed by atoms with Crippen LogP contribution in [0.2, 0.25) is 0 Å². The number of alkyl halides is 3. The molecule has 1 fully saturated rings. The lowest BCUT2D eigenvalue weighted by molar-refractivity contribution is -0.147. The van der Waals surface area contributed by atoms with Crippen LogP contribution in [0, 0.1) is 17.1 Å². The normalized spacial score (nSPS) is 19.4. The Morgan fingerprint density at radius 1 is 1.15 bits per heavy atom. The van der Waals surface area contributed by atoms with Crippen LogP contribution in [-0.2, 0) is 18.0 Å². The van der Waals surface area contributed by atoms with Crippen molar-refractivity contribution in [3.8, 4) is 23.2 Å². The molecule has 1 saturated heterocycles. The number of nitrogens with zero attached hydrogens (tertiary/aromatic N) is 5. The summed E-state index contributed by atoms with van der Waals surface area (Å²) < 4.78 is 68.3. The zero-order valence-electron chi connectivity index (χ0n) is 21.7. The molecule has 8 nitrogen and oxygen atoms in total. The lowest BCUT2D eigenvalue weighted by Crippen LogP contribution is -2.29. The number of hydrogen-bond acceptors (Lipinski definition) is 7. The maximum absolute atomic E-state index is 15.2. The number of fused-ring (bicyclic) bond motifs is 1. The van der Waals surface area contributed by atoms with Gasteiger partial charge >= 0.3 is 6.18 Å². The minimum absolute atomic E-state index is 0.0236. The van der Waals surface area contributed by atoms with E-state index in [-0.39, 0.29) is 45.8 Å². The van der Waals surface area contributed by atoms with Gasteiger partial charge in [-0.25, -0.2) is 14.4 Å². The highest BCUT2D eigenvalue weighted by Crippen LogP contribution is 2.42. The quantitative estimate of drug-likeness (QED) is 0.310. The Morgan fingerprint density at radius 2 is 1.93 bits per heavy atom. The molecule has 0 radical (unpaired) electrons. The van der Waals surface area contributed by atoms with Crippen LogP contribution in [0.15, 0.2) is 47.4 Å². The van der Waals surface area contributed by atoms with Crippen molar-refractivity contribution in [2.45, 2.75) is 44.1 Å². The fourth-order valence-corrected chi connectivity index (χ4v) is 5.06. The average Bonchev–Trinajstić information content (AvgIpc) is 2.93. The van der Waals surface area contributed by atoms with Gasteiger partial charge in [-0.15, -0.1) is 0 Å². The average molecular weight is 554 g/mol. The first-order valence-corrected chi connectivity index (χ1v) is 12.3. The number of hydrogen-bond donors (Lipinski definition) is 0. The van der Waals surface area contributed by atoms with Crippen molar-refractivity contribution in [1.82, 2.24) is 19.5 Å². The number of ether oxygens (including phenoxy) is 2. The summed E-state index contributed by atoms with van der Waals surface area (Å²) in [6, 6.07) is 10.3. The molecule has 1 aliphatic rings. The molecule has 0 saturated carbocycles. The van der Waals surface area contributed by atoms with Gasteiger partial charge in [0.15, 0.2) is 0 Å². The van der Waals surface area contributed by atoms with E-state index in [1.807, 2.05) is 13.0 Å². The maximum atomic E-state index is 15.2. The van der Waals surface area contributed by atoms with E-state index in [0.29, 0.717) is 29.0 Å². The molecule has 1 aliphatic heterocycles. The molecule has 3 aromatic heterocycles. The van der Waals surface area contributed by atoms with Gasteiger partial charge < -0.3 is 9.47 Å². The van der Waals surface area contributed by atoms with E-state index in [4.69, 9.17) is 14.7 Å². The Bertz CT molecular complexity index is 1710. The third kappa shape index (κ3) is 5.00. The first-order valence-electron chi connectivity index (χ1n) is 12.3. The molecule has 0 amide bonds. The molecule has 12 heteroatoms. The fraction of sp³-hybridized carbons (Fsp3) is 0.321. The molecule has 206 valence electrons. The van der Waals surface area contributed by atoms with Crippen molar-refractivity contribution in [2.24, 2.45) is 7.05 Å². The fourth-order valence-electron chi connectivity index (χ4n) is 5.06. The highest BCUT2D eigenvalue weighted by atomic mass is 19.4. The zero-order chi connectivity index (χ0) is 28.8. The van der Waals surface area contributed by atoms with Crippen LogP contribution < -0.4 is 10.3 Å². The Hall–Kier alpha value is -4.37. The van der Waals surface area contributed by atoms with Crippen LogP contribution in [0.1, 0.15) is 54.4 Å². The van der Waals surface area contributed by atoms with E-state index in [1.165, 1.54) is 25.3 Å². The van der Waals surface area contributed by atoms with Crippen molar-refractivity contribution in [1.29, 1.82) is 5.26 Å². The number of nitriles is 1. The second kappa shape index (κ2) is 10.3. The summed E-state index contributed by atoms with van der Waals surface area (Å²) in [5, 5.41) is 9.02. The van der Waals surface area contributed by atoms with E-state index in [2.05, 4.69) is 15.0 Å². The standard InChI is InChI=1S/C28H23F4N5O3/c1-14-8-17(10-22(40-14)16-6-7-34-23(11-16)39-3)21-12-19-25(36-27(28(30,31)32)37(2)26(19)38)24(35-21)18-5-4-15(13-33)9-20(18)29/h4-7,9,11-12,14,17,22H,8,10H2,1-3H3/t14-,17-,22-/m0/s1. The number of aromatic nitrogens is 4. The van der Waals surface area contributed by atoms with Crippen LogP contribution >= 0.6 is 0 Å². The molecular weight excluding hydrogens is 530 g/mol. The van der Waals surface area contributed by atoms with Gasteiger partial charge in [0.1, 0.15) is 11.3 Å². The van der Waals surface area contributed by atoms with E-state index in [0.717, 1.165) is 18.7 Å². The largest absolute Gasteiger partial charge is 0.481 e. The topological polar surface area (TPSA) is 103 Å². The first kappa shape index (κ1) is 27.2. The molecule has 0 bridgehead atoms. The molecule has 4 heterocycles. The molecule has 1 aromatic carbocycles. The van der Waals surface area contributed by atoms with Gasteiger partial charge in [-0.1, -0.05) is 0 Å². The second-order valence-corrected chi connectivity index (χ2v) is 9.63. The van der Waals surface area contributed by atoms with Gasteiger partial charge in [-0.05, 0) is 55.7 Å². The minimum atomic E-state index is -4.93. The molecule has 40 heavy (non-hydrogen) atoms. The number of methoxy groups -OCH3 is 1. The summed E-state index contributed by atoms with van der Waals surface area (Å²) >= 11 is 0. The maximum Gasteiger partial charge on any atom is 0.449 e. The van der Waals surface area contributed by atoms with Crippen molar-refractivity contribution < 1.29 is 27.0 Å². The smallest absolute Gasteiger partial charge is 0.449 e. The molecule has 3 atom stereocenters. The summed E-state index contributed by atoms with van der Waals surface area (Å²) in [5.74, 6) is -2.18. The van der Waals surface area contributed by atoms with E-state index in [9.17, 15) is 18.0 Å². The molecule has 5 rings (SSSR count). The second-order valence-electron chi connectivity index (χ2n) is 9.63. The van der Waals surface area contributed by atoms with Crippen LogP contribution in [0.4, 0.5) is 17.6 Å². The molecule has 0 aliphatic carbocycles. The predicted octanol–water partition coefficient (Wildman–Crippen LogP) is 5.45. The van der Waals surface area contributed by atoms with E-state index >= 15 is 4.39 Å². The molecule has 0 N–H and O–H groups in total. The molecule has 0 spiro atoms. The van der Waals surface area contributed by atoms with Gasteiger partial charge in [0.25, 0.3) is 5.56 Å². The van der Waals surface area contributed by atoms with Crippen LogP contribution in [0.3, 0.4) is 0 Å². The summed E-state index contributed by atoms with van der Waals surface area (Å²) in [6.45, 7) is 1.88. The molecular formula is C28H23F4N5O3. The van der Waals surface area contributed by atoms with Crippen LogP contribution in [-0.4, -0.2) is 32.7 Å². The lowest BCUT2D eigenvalue weighted by atomic mass is 9.86. The third-order valence-electron chi connectivity index (χ3n) is 6.96. The number of rotatable bonds is 4. The highest BCUT2D eigenvalue weighted by Gasteiger charge is 2.38. The van der Waals surface area contributed by atoms with Crippen molar-refractivity contribution in [3.63, 3.8) is 0 Å². The van der Waals surface area contributed by atoms with Crippen LogP contribution in [0.25, 0.3) is 22.2 Å². The van der Waals surface area contributed by atoms with Gasteiger partial charge in [0.2, 0.25) is 11.7 Å². The van der Waals surface area contributed by atoms with Gasteiger partial charge in [-0.3, -0.25) is 14.3 Å². The minimum Gasteiger partial charge on any atom is -0.481 e. The van der Waals surface area contributed by atoms with Gasteiger partial charge in [0.05, 0.1) is 42.0 Å². The van der Waals surface area contributed by atoms with E-state index in [1.54, 1.807) is 18.3 Å². The Balaban J connectivity index is 1.71. The van der Waals surface area contributed by atoms with Crippen molar-refractivity contribution in [2.75, 3.05) is 7.11 Å².